The van der Waals surface area contributed by atoms with Gasteiger partial charge in [-0.05, 0) is 56.0 Å². The second-order valence-corrected chi connectivity index (χ2v) is 9.05. The average Bonchev–Trinajstić information content (AvgIpc) is 3.50. The van der Waals surface area contributed by atoms with Crippen LogP contribution in [0, 0.1) is 0 Å². The van der Waals surface area contributed by atoms with E-state index in [1.165, 1.54) is 69.0 Å². The lowest BCUT2D eigenvalue weighted by atomic mass is 10.0. The second-order valence-electron chi connectivity index (χ2n) is 9.05. The van der Waals surface area contributed by atoms with Gasteiger partial charge < -0.3 is 14.3 Å². The first kappa shape index (κ1) is 24.6. The van der Waals surface area contributed by atoms with Gasteiger partial charge in [-0.15, -0.1) is 0 Å². The molecule has 0 aromatic carbocycles. The van der Waals surface area contributed by atoms with Gasteiger partial charge in [0.2, 0.25) is 0 Å². The third-order valence-electron chi connectivity index (χ3n) is 6.54. The summed E-state index contributed by atoms with van der Waals surface area (Å²) in [5.74, 6) is 0. The van der Waals surface area contributed by atoms with Crippen molar-refractivity contribution in [1.29, 1.82) is 0 Å². The molecule has 0 aliphatic carbocycles. The SMILES string of the molecule is CCCCCCCCCCCc1cc(C2=NC(c3cccn3C)=CC2OCC)[nH]c1CC. The van der Waals surface area contributed by atoms with Crippen LogP contribution in [0.4, 0.5) is 0 Å². The minimum atomic E-state index is -0.0891. The van der Waals surface area contributed by atoms with Crippen molar-refractivity contribution < 1.29 is 4.74 Å². The van der Waals surface area contributed by atoms with Crippen LogP contribution in [0.15, 0.2) is 35.5 Å². The number of aromatic amines is 1. The van der Waals surface area contributed by atoms with Gasteiger partial charge in [-0.3, -0.25) is 0 Å². The van der Waals surface area contributed by atoms with E-state index < -0.39 is 0 Å². The highest BCUT2D eigenvalue weighted by molar-refractivity contribution is 6.09. The second kappa shape index (κ2) is 12.8. The number of nitrogens with one attached hydrogen (secondary N) is 1. The van der Waals surface area contributed by atoms with Crippen LogP contribution >= 0.6 is 0 Å². The molecule has 32 heavy (non-hydrogen) atoms. The zero-order valence-electron chi connectivity index (χ0n) is 20.8. The third kappa shape index (κ3) is 6.48. The van der Waals surface area contributed by atoms with Crippen molar-refractivity contribution in [2.45, 2.75) is 97.5 Å². The average molecular weight is 438 g/mol. The highest BCUT2D eigenvalue weighted by Gasteiger charge is 2.26. The summed E-state index contributed by atoms with van der Waals surface area (Å²) in [6.07, 6.45) is 18.6. The summed E-state index contributed by atoms with van der Waals surface area (Å²) in [6, 6.07) is 6.51. The Hall–Kier alpha value is -2.07. The largest absolute Gasteiger partial charge is 0.368 e. The molecule has 0 bridgehead atoms. The summed E-state index contributed by atoms with van der Waals surface area (Å²) in [4.78, 5) is 8.67. The lowest BCUT2D eigenvalue weighted by Crippen LogP contribution is -2.20. The van der Waals surface area contributed by atoms with Crippen molar-refractivity contribution in [1.82, 2.24) is 9.55 Å². The fourth-order valence-corrected chi connectivity index (χ4v) is 4.69. The Balaban J connectivity index is 1.59. The van der Waals surface area contributed by atoms with Gasteiger partial charge in [0.15, 0.2) is 0 Å². The van der Waals surface area contributed by atoms with E-state index in [1.807, 2.05) is 6.92 Å². The van der Waals surface area contributed by atoms with Gasteiger partial charge in [0, 0.05) is 25.5 Å². The molecule has 0 fully saturated rings. The lowest BCUT2D eigenvalue weighted by molar-refractivity contribution is 0.142. The van der Waals surface area contributed by atoms with Crippen LogP contribution in [0.2, 0.25) is 0 Å². The van der Waals surface area contributed by atoms with E-state index in [4.69, 9.17) is 9.73 Å². The number of aliphatic imine (C=N–C) groups is 1. The molecule has 0 saturated carbocycles. The van der Waals surface area contributed by atoms with Crippen LogP contribution < -0.4 is 0 Å². The first-order chi connectivity index (χ1) is 15.7. The maximum atomic E-state index is 6.04. The molecule has 3 rings (SSSR count). The minimum Gasteiger partial charge on any atom is -0.368 e. The number of hydrogen-bond donors (Lipinski definition) is 1. The fraction of sp³-hybridized carbons (Fsp3) is 0.607. The highest BCUT2D eigenvalue weighted by Crippen LogP contribution is 2.28. The lowest BCUT2D eigenvalue weighted by Gasteiger charge is -2.10. The summed E-state index contributed by atoms with van der Waals surface area (Å²) in [6.45, 7) is 7.24. The van der Waals surface area contributed by atoms with Gasteiger partial charge in [0.1, 0.15) is 6.10 Å². The highest BCUT2D eigenvalue weighted by atomic mass is 16.5. The number of nitrogens with zero attached hydrogens (tertiary/aromatic N) is 2. The number of H-pyrrole nitrogens is 1. The van der Waals surface area contributed by atoms with Gasteiger partial charge in [0.25, 0.3) is 0 Å². The van der Waals surface area contributed by atoms with Gasteiger partial charge >= 0.3 is 0 Å². The molecule has 4 heteroatoms. The minimum absolute atomic E-state index is 0.0891. The summed E-state index contributed by atoms with van der Waals surface area (Å²) >= 11 is 0. The molecule has 4 nitrogen and oxygen atoms in total. The molecule has 3 heterocycles. The van der Waals surface area contributed by atoms with E-state index in [0.717, 1.165) is 35.6 Å². The molecule has 1 aliphatic rings. The molecule has 0 saturated heterocycles. The van der Waals surface area contributed by atoms with Crippen LogP contribution in [0.5, 0.6) is 0 Å². The van der Waals surface area contributed by atoms with Crippen LogP contribution in [-0.4, -0.2) is 28.0 Å². The molecular weight excluding hydrogens is 394 g/mol. The molecule has 176 valence electrons. The number of aryl methyl sites for hydroxylation is 3. The molecule has 1 atom stereocenters. The smallest absolute Gasteiger partial charge is 0.122 e. The topological polar surface area (TPSA) is 42.3 Å². The quantitative estimate of drug-likeness (QED) is 0.293. The summed E-state index contributed by atoms with van der Waals surface area (Å²) in [7, 11) is 2.06. The van der Waals surface area contributed by atoms with Crippen molar-refractivity contribution in [2.24, 2.45) is 12.0 Å². The van der Waals surface area contributed by atoms with Gasteiger partial charge in [-0.2, -0.15) is 0 Å². The third-order valence-corrected chi connectivity index (χ3v) is 6.54. The summed E-state index contributed by atoms with van der Waals surface area (Å²) in [5, 5.41) is 0. The van der Waals surface area contributed by atoms with Gasteiger partial charge in [-0.1, -0.05) is 65.2 Å². The van der Waals surface area contributed by atoms with E-state index >= 15 is 0 Å². The molecule has 0 spiro atoms. The first-order valence-corrected chi connectivity index (χ1v) is 12.9. The molecule has 2 aromatic rings. The number of rotatable bonds is 15. The standard InChI is InChI=1S/C28H43N3O/c1-5-8-9-10-11-12-13-14-15-17-22-20-25(29-23(22)6-2)28-27(32-7-3)21-24(30-28)26-18-16-19-31(26)4/h16,18-21,27,29H,5-15,17H2,1-4H3. The summed E-state index contributed by atoms with van der Waals surface area (Å²) < 4.78 is 8.16. The fourth-order valence-electron chi connectivity index (χ4n) is 4.69. The van der Waals surface area contributed by atoms with Crippen LogP contribution in [-0.2, 0) is 24.6 Å². The van der Waals surface area contributed by atoms with Crippen LogP contribution in [0.25, 0.3) is 5.70 Å². The zero-order valence-corrected chi connectivity index (χ0v) is 20.8. The number of aromatic nitrogens is 2. The normalized spacial score (nSPS) is 15.9. The Morgan fingerprint density at radius 3 is 2.34 bits per heavy atom. The molecular formula is C28H43N3O. The predicted octanol–water partition coefficient (Wildman–Crippen LogP) is 7.24. The predicted molar refractivity (Wildman–Crippen MR) is 136 cm³/mol. The molecule has 1 N–H and O–H groups in total. The van der Waals surface area contributed by atoms with Crippen LogP contribution in [0.3, 0.4) is 0 Å². The van der Waals surface area contributed by atoms with Crippen LogP contribution in [0.1, 0.15) is 101 Å². The van der Waals surface area contributed by atoms with Crippen molar-refractivity contribution in [3.63, 3.8) is 0 Å². The van der Waals surface area contributed by atoms with Crippen molar-refractivity contribution in [3.8, 4) is 0 Å². The maximum Gasteiger partial charge on any atom is 0.122 e. The monoisotopic (exact) mass is 437 g/mol. The Morgan fingerprint density at radius 1 is 1.00 bits per heavy atom. The van der Waals surface area contributed by atoms with E-state index in [-0.39, 0.29) is 6.10 Å². The zero-order chi connectivity index (χ0) is 22.8. The first-order valence-electron chi connectivity index (χ1n) is 12.9. The molecule has 0 radical (unpaired) electrons. The van der Waals surface area contributed by atoms with E-state index in [9.17, 15) is 0 Å². The Labute approximate surface area is 195 Å². The number of ether oxygens (including phenoxy) is 1. The molecule has 1 unspecified atom stereocenters. The number of hydrogen-bond acceptors (Lipinski definition) is 2. The van der Waals surface area contributed by atoms with Gasteiger partial charge in [-0.25, -0.2) is 4.99 Å². The Kier molecular flexibility index (Phi) is 9.86. The summed E-state index contributed by atoms with van der Waals surface area (Å²) in [5.41, 5.74) is 7.06. The van der Waals surface area contributed by atoms with Crippen molar-refractivity contribution >= 4 is 11.4 Å². The molecule has 1 aliphatic heterocycles. The Morgan fingerprint density at radius 2 is 1.72 bits per heavy atom. The van der Waals surface area contributed by atoms with Crippen molar-refractivity contribution in [2.75, 3.05) is 6.61 Å². The van der Waals surface area contributed by atoms with E-state index in [2.05, 4.69) is 60.9 Å². The van der Waals surface area contributed by atoms with E-state index in [1.54, 1.807) is 0 Å². The number of unbranched alkanes of at least 4 members (excludes halogenated alkanes) is 8. The van der Waals surface area contributed by atoms with Gasteiger partial charge in [0.05, 0.1) is 22.8 Å². The Bertz CT molecular complexity index is 886. The van der Waals surface area contributed by atoms with E-state index in [0.29, 0.717) is 6.61 Å². The maximum absolute atomic E-state index is 6.04. The van der Waals surface area contributed by atoms with Crippen molar-refractivity contribution in [3.05, 3.63) is 53.1 Å². The molecule has 0 amide bonds. The molecule has 2 aromatic heterocycles.